The van der Waals surface area contributed by atoms with E-state index in [1.54, 1.807) is 0 Å². The van der Waals surface area contributed by atoms with Gasteiger partial charge in [0.2, 0.25) is 11.8 Å². The number of halogens is 1. The predicted octanol–water partition coefficient (Wildman–Crippen LogP) is 4.01. The third kappa shape index (κ3) is 5.75. The van der Waals surface area contributed by atoms with Crippen LogP contribution in [0, 0.1) is 0 Å². The number of hydrazone groups is 1. The maximum absolute atomic E-state index is 12.5. The second kappa shape index (κ2) is 10.7. The Morgan fingerprint density at radius 1 is 1.00 bits per heavy atom. The first-order valence-corrected chi connectivity index (χ1v) is 11.7. The van der Waals surface area contributed by atoms with Crippen molar-refractivity contribution in [1.82, 2.24) is 15.2 Å². The van der Waals surface area contributed by atoms with Gasteiger partial charge in [-0.1, -0.05) is 54.1 Å². The average molecular weight is 453 g/mol. The van der Waals surface area contributed by atoms with E-state index in [9.17, 15) is 9.59 Å². The molecule has 0 saturated carbocycles. The molecule has 2 heterocycles. The number of amides is 2. The Bertz CT molecular complexity index is 973. The Morgan fingerprint density at radius 2 is 1.78 bits per heavy atom. The number of likely N-dealkylation sites (tertiary alicyclic amines) is 1. The van der Waals surface area contributed by atoms with Crippen molar-refractivity contribution in [3.05, 3.63) is 70.7 Å². The second-order valence-corrected chi connectivity index (χ2v) is 8.73. The molecule has 168 valence electrons. The number of hydrogen-bond donors (Lipinski definition) is 1. The van der Waals surface area contributed by atoms with Crippen molar-refractivity contribution in [1.29, 1.82) is 0 Å². The lowest BCUT2D eigenvalue weighted by Crippen LogP contribution is -2.37. The molecule has 2 aliphatic heterocycles. The highest BCUT2D eigenvalue weighted by Crippen LogP contribution is 2.26. The minimum absolute atomic E-state index is 0.0902. The van der Waals surface area contributed by atoms with Crippen LogP contribution in [-0.4, -0.2) is 53.6 Å². The molecule has 0 aliphatic carbocycles. The van der Waals surface area contributed by atoms with Gasteiger partial charge >= 0.3 is 0 Å². The molecular formula is C25H29ClN4O2. The molecule has 6 nitrogen and oxygen atoms in total. The lowest BCUT2D eigenvalue weighted by molar-refractivity contribution is -0.133. The fourth-order valence-electron chi connectivity index (χ4n) is 4.34. The minimum Gasteiger partial charge on any atom is -0.354 e. The molecule has 1 fully saturated rings. The molecular weight excluding hydrogens is 424 g/mol. The van der Waals surface area contributed by atoms with Crippen molar-refractivity contribution < 1.29 is 9.59 Å². The molecule has 2 aliphatic rings. The van der Waals surface area contributed by atoms with Gasteiger partial charge in [0.05, 0.1) is 18.3 Å². The van der Waals surface area contributed by atoms with Gasteiger partial charge in [-0.2, -0.15) is 5.10 Å². The van der Waals surface area contributed by atoms with E-state index in [2.05, 4.69) is 21.4 Å². The summed E-state index contributed by atoms with van der Waals surface area (Å²) in [5, 5.41) is 9.68. The van der Waals surface area contributed by atoms with Crippen molar-refractivity contribution in [2.45, 2.75) is 38.1 Å². The molecule has 0 radical (unpaired) electrons. The summed E-state index contributed by atoms with van der Waals surface area (Å²) in [5.74, 6) is -0.229. The van der Waals surface area contributed by atoms with Crippen LogP contribution in [0.2, 0.25) is 5.02 Å². The molecule has 32 heavy (non-hydrogen) atoms. The van der Waals surface area contributed by atoms with Crippen molar-refractivity contribution in [3.63, 3.8) is 0 Å². The zero-order valence-corrected chi connectivity index (χ0v) is 18.9. The summed E-state index contributed by atoms with van der Waals surface area (Å²) in [5.41, 5.74) is 3.06. The summed E-state index contributed by atoms with van der Waals surface area (Å²) < 4.78 is 0. The molecule has 4 rings (SSSR count). The van der Waals surface area contributed by atoms with Crippen LogP contribution in [0.15, 0.2) is 59.7 Å². The number of carbonyl (C=O) groups excluding carboxylic acids is 2. The van der Waals surface area contributed by atoms with Crippen LogP contribution < -0.4 is 5.32 Å². The lowest BCUT2D eigenvalue weighted by Gasteiger charge is -2.28. The van der Waals surface area contributed by atoms with E-state index in [0.717, 1.165) is 36.3 Å². The summed E-state index contributed by atoms with van der Waals surface area (Å²) in [7, 11) is 0. The molecule has 1 N–H and O–H groups in total. The van der Waals surface area contributed by atoms with Crippen LogP contribution in [0.25, 0.3) is 0 Å². The molecule has 2 amide bonds. The van der Waals surface area contributed by atoms with Crippen LogP contribution in [0.1, 0.15) is 49.3 Å². The van der Waals surface area contributed by atoms with E-state index in [4.69, 9.17) is 11.6 Å². The Kier molecular flexibility index (Phi) is 7.55. The van der Waals surface area contributed by atoms with Gasteiger partial charge in [-0.05, 0) is 49.2 Å². The van der Waals surface area contributed by atoms with Gasteiger partial charge < -0.3 is 5.32 Å². The van der Waals surface area contributed by atoms with E-state index in [0.29, 0.717) is 18.1 Å². The number of rotatable bonds is 8. The minimum atomic E-state index is -0.115. The highest BCUT2D eigenvalue weighted by Gasteiger charge is 2.25. The van der Waals surface area contributed by atoms with E-state index in [-0.39, 0.29) is 30.7 Å². The molecule has 2 aromatic rings. The maximum Gasteiger partial charge on any atom is 0.243 e. The number of hydrogen-bond acceptors (Lipinski definition) is 4. The van der Waals surface area contributed by atoms with E-state index in [1.165, 1.54) is 17.9 Å². The van der Waals surface area contributed by atoms with Gasteiger partial charge in [-0.25, -0.2) is 5.01 Å². The fourth-order valence-corrected chi connectivity index (χ4v) is 4.54. The maximum atomic E-state index is 12.5. The third-order valence-corrected chi connectivity index (χ3v) is 6.31. The molecule has 2 aromatic carbocycles. The smallest absolute Gasteiger partial charge is 0.243 e. The normalized spacial score (nSPS) is 17.3. The molecule has 0 bridgehead atoms. The zero-order chi connectivity index (χ0) is 22.3. The molecule has 1 atom stereocenters. The molecule has 0 spiro atoms. The first-order chi connectivity index (χ1) is 15.6. The Hall–Kier alpha value is -2.70. The van der Waals surface area contributed by atoms with Crippen LogP contribution in [0.4, 0.5) is 0 Å². The summed E-state index contributed by atoms with van der Waals surface area (Å²) in [6.07, 6.45) is 3.39. The first-order valence-electron chi connectivity index (χ1n) is 11.3. The average Bonchev–Trinajstić information content (AvgIpc) is 3.51. The lowest BCUT2D eigenvalue weighted by atomic mass is 10.1. The van der Waals surface area contributed by atoms with Crippen molar-refractivity contribution >= 4 is 29.1 Å². The topological polar surface area (TPSA) is 65.0 Å². The number of benzene rings is 2. The Labute approximate surface area is 194 Å². The molecule has 1 unspecified atom stereocenters. The monoisotopic (exact) mass is 452 g/mol. The highest BCUT2D eigenvalue weighted by atomic mass is 35.5. The van der Waals surface area contributed by atoms with E-state index < -0.39 is 0 Å². The van der Waals surface area contributed by atoms with Crippen molar-refractivity contribution in [2.24, 2.45) is 5.10 Å². The summed E-state index contributed by atoms with van der Waals surface area (Å²) in [6.45, 7) is 3.11. The van der Waals surface area contributed by atoms with Crippen molar-refractivity contribution in [2.75, 3.05) is 26.2 Å². The van der Waals surface area contributed by atoms with Gasteiger partial charge in [0.15, 0.2) is 0 Å². The van der Waals surface area contributed by atoms with E-state index >= 15 is 0 Å². The Balaban J connectivity index is 1.28. The van der Waals surface area contributed by atoms with Crippen molar-refractivity contribution in [3.8, 4) is 0 Å². The van der Waals surface area contributed by atoms with Crippen LogP contribution >= 0.6 is 11.6 Å². The van der Waals surface area contributed by atoms with Crippen LogP contribution in [0.3, 0.4) is 0 Å². The number of nitrogens with zero attached hydrogens (tertiary/aromatic N) is 3. The largest absolute Gasteiger partial charge is 0.354 e. The van der Waals surface area contributed by atoms with Crippen LogP contribution in [0.5, 0.6) is 0 Å². The molecule has 0 aromatic heterocycles. The van der Waals surface area contributed by atoms with Gasteiger partial charge in [0.1, 0.15) is 0 Å². The summed E-state index contributed by atoms with van der Waals surface area (Å²) in [4.78, 5) is 27.4. The van der Waals surface area contributed by atoms with Gasteiger partial charge in [-0.3, -0.25) is 14.5 Å². The first kappa shape index (κ1) is 22.5. The predicted molar refractivity (Wildman–Crippen MR) is 127 cm³/mol. The SMILES string of the molecule is O=C(CCC(=O)N1CCC(c2ccccc2)=N1)NCC(c1cccc(Cl)c1)N1CCCC1. The van der Waals surface area contributed by atoms with Crippen LogP contribution in [-0.2, 0) is 9.59 Å². The zero-order valence-electron chi connectivity index (χ0n) is 18.2. The third-order valence-electron chi connectivity index (χ3n) is 6.07. The fraction of sp³-hybridized carbons (Fsp3) is 0.400. The molecule has 1 saturated heterocycles. The van der Waals surface area contributed by atoms with Gasteiger partial charge in [-0.15, -0.1) is 0 Å². The second-order valence-electron chi connectivity index (χ2n) is 8.30. The highest BCUT2D eigenvalue weighted by molar-refractivity contribution is 6.30. The number of carbonyl (C=O) groups is 2. The molecule has 7 heteroatoms. The van der Waals surface area contributed by atoms with Gasteiger partial charge in [0, 0.05) is 30.8 Å². The summed E-state index contributed by atoms with van der Waals surface area (Å²) in [6, 6.07) is 17.8. The quantitative estimate of drug-likeness (QED) is 0.658. The van der Waals surface area contributed by atoms with Gasteiger partial charge in [0.25, 0.3) is 0 Å². The number of nitrogens with one attached hydrogen (secondary N) is 1. The van der Waals surface area contributed by atoms with E-state index in [1.807, 2.05) is 48.5 Å². The standard InChI is InChI=1S/C25H29ClN4O2/c26-21-10-6-9-20(17-21)23(29-14-4-5-15-29)18-27-24(31)11-12-25(32)30-16-13-22(28-30)19-7-2-1-3-8-19/h1-3,6-10,17,23H,4-5,11-16,18H2,(H,27,31). The Morgan fingerprint density at radius 3 is 2.53 bits per heavy atom. The summed E-state index contributed by atoms with van der Waals surface area (Å²) >= 11 is 6.20.